The summed E-state index contributed by atoms with van der Waals surface area (Å²) in [6.45, 7) is 5.01. The lowest BCUT2D eigenvalue weighted by molar-refractivity contribution is -0.0337. The van der Waals surface area contributed by atoms with Crippen LogP contribution in [0.4, 0.5) is 0 Å². The van der Waals surface area contributed by atoms with E-state index in [1.54, 1.807) is 7.11 Å². The Balaban J connectivity index is 1.39. The van der Waals surface area contributed by atoms with E-state index in [2.05, 4.69) is 15.0 Å². The molecule has 0 N–H and O–H groups in total. The summed E-state index contributed by atoms with van der Waals surface area (Å²) in [7, 11) is 1.61. The summed E-state index contributed by atoms with van der Waals surface area (Å²) in [5.74, 6) is 1.21. The van der Waals surface area contributed by atoms with Crippen molar-refractivity contribution in [2.24, 2.45) is 0 Å². The summed E-state index contributed by atoms with van der Waals surface area (Å²) < 4.78 is 21.6. The van der Waals surface area contributed by atoms with Gasteiger partial charge in [-0.1, -0.05) is 5.16 Å². The Kier molecular flexibility index (Phi) is 6.38. The highest BCUT2D eigenvalue weighted by Crippen LogP contribution is 2.21. The van der Waals surface area contributed by atoms with E-state index in [1.807, 2.05) is 0 Å². The van der Waals surface area contributed by atoms with E-state index in [1.165, 1.54) is 13.0 Å². The van der Waals surface area contributed by atoms with Gasteiger partial charge in [0.1, 0.15) is 6.61 Å². The fraction of sp³-hybridized carbons (Fsp3) is 0.875. The van der Waals surface area contributed by atoms with Gasteiger partial charge in [0.15, 0.2) is 5.82 Å². The fourth-order valence-electron chi connectivity index (χ4n) is 3.37. The molecule has 7 heteroatoms. The van der Waals surface area contributed by atoms with Crippen LogP contribution in [-0.4, -0.2) is 67.2 Å². The Labute approximate surface area is 137 Å². The topological polar surface area (TPSA) is 69.9 Å². The highest BCUT2D eigenvalue weighted by atomic mass is 16.5. The first kappa shape index (κ1) is 16.8. The lowest BCUT2D eigenvalue weighted by atomic mass is 10.0. The molecule has 0 bridgehead atoms. The first-order chi connectivity index (χ1) is 11.3. The molecule has 2 fully saturated rings. The van der Waals surface area contributed by atoms with Crippen molar-refractivity contribution in [3.63, 3.8) is 0 Å². The van der Waals surface area contributed by atoms with Gasteiger partial charge in [0.25, 0.3) is 5.89 Å². The molecule has 0 spiro atoms. The number of ether oxygens (including phenoxy) is 3. The van der Waals surface area contributed by atoms with Crippen LogP contribution in [-0.2, 0) is 27.2 Å². The Morgan fingerprint density at radius 1 is 1.26 bits per heavy atom. The molecule has 2 saturated heterocycles. The number of likely N-dealkylation sites (tertiary alicyclic amines) is 1. The second-order valence-corrected chi connectivity index (χ2v) is 6.26. The zero-order valence-corrected chi connectivity index (χ0v) is 13.9. The van der Waals surface area contributed by atoms with Crippen LogP contribution in [0.25, 0.3) is 0 Å². The van der Waals surface area contributed by atoms with Gasteiger partial charge >= 0.3 is 0 Å². The number of nitrogens with zero attached hydrogens (tertiary/aromatic N) is 3. The normalized spacial score (nSPS) is 24.1. The van der Waals surface area contributed by atoms with Gasteiger partial charge in [0.2, 0.25) is 0 Å². The van der Waals surface area contributed by atoms with E-state index in [-0.39, 0.29) is 0 Å². The number of methoxy groups -OCH3 is 1. The van der Waals surface area contributed by atoms with Gasteiger partial charge in [0, 0.05) is 39.3 Å². The first-order valence-electron chi connectivity index (χ1n) is 8.59. The van der Waals surface area contributed by atoms with Crippen molar-refractivity contribution in [1.29, 1.82) is 0 Å². The molecule has 1 aromatic heterocycles. The molecule has 0 amide bonds. The molecule has 7 nitrogen and oxygen atoms in total. The first-order valence-corrected chi connectivity index (χ1v) is 8.59. The van der Waals surface area contributed by atoms with Gasteiger partial charge in [0.05, 0.1) is 12.7 Å². The summed E-state index contributed by atoms with van der Waals surface area (Å²) in [5, 5.41) is 3.94. The SMILES string of the molecule is COCc1nc(CCOC2CCCN(C3CCOCC3)C2)no1. The zero-order chi connectivity index (χ0) is 15.9. The minimum Gasteiger partial charge on any atom is -0.381 e. The van der Waals surface area contributed by atoms with E-state index in [4.69, 9.17) is 18.7 Å². The largest absolute Gasteiger partial charge is 0.381 e. The smallest absolute Gasteiger partial charge is 0.252 e. The molecule has 2 aliphatic heterocycles. The summed E-state index contributed by atoms with van der Waals surface area (Å²) in [6.07, 6.45) is 5.65. The second kappa shape index (κ2) is 8.73. The van der Waals surface area contributed by atoms with Crippen molar-refractivity contribution < 1.29 is 18.7 Å². The van der Waals surface area contributed by atoms with Crippen LogP contribution in [0.15, 0.2) is 4.52 Å². The molecule has 1 atom stereocenters. The maximum Gasteiger partial charge on any atom is 0.252 e. The molecule has 23 heavy (non-hydrogen) atoms. The van der Waals surface area contributed by atoms with Crippen molar-refractivity contribution in [3.05, 3.63) is 11.7 Å². The van der Waals surface area contributed by atoms with Crippen LogP contribution in [0.3, 0.4) is 0 Å². The Morgan fingerprint density at radius 2 is 2.13 bits per heavy atom. The van der Waals surface area contributed by atoms with Crippen LogP contribution in [0, 0.1) is 0 Å². The Hall–Kier alpha value is -1.02. The highest BCUT2D eigenvalue weighted by Gasteiger charge is 2.27. The average molecular weight is 325 g/mol. The maximum atomic E-state index is 6.05. The molecule has 0 aliphatic carbocycles. The number of hydrogen-bond acceptors (Lipinski definition) is 7. The highest BCUT2D eigenvalue weighted by molar-refractivity contribution is 4.86. The van der Waals surface area contributed by atoms with E-state index in [9.17, 15) is 0 Å². The monoisotopic (exact) mass is 325 g/mol. The Morgan fingerprint density at radius 3 is 2.96 bits per heavy atom. The zero-order valence-electron chi connectivity index (χ0n) is 13.9. The molecular formula is C16H27N3O4. The molecule has 1 aromatic rings. The molecule has 1 unspecified atom stereocenters. The van der Waals surface area contributed by atoms with Crippen molar-refractivity contribution in [1.82, 2.24) is 15.0 Å². The van der Waals surface area contributed by atoms with Gasteiger partial charge < -0.3 is 18.7 Å². The minimum atomic E-state index is 0.317. The van der Waals surface area contributed by atoms with Crippen LogP contribution < -0.4 is 0 Å². The molecule has 0 radical (unpaired) electrons. The van der Waals surface area contributed by atoms with Gasteiger partial charge in [-0.15, -0.1) is 0 Å². The minimum absolute atomic E-state index is 0.317. The van der Waals surface area contributed by atoms with E-state index in [0.717, 1.165) is 39.0 Å². The molecule has 3 heterocycles. The fourth-order valence-corrected chi connectivity index (χ4v) is 3.37. The molecule has 0 saturated carbocycles. The van der Waals surface area contributed by atoms with E-state index in [0.29, 0.717) is 43.5 Å². The van der Waals surface area contributed by atoms with Gasteiger partial charge in [-0.2, -0.15) is 4.98 Å². The summed E-state index contributed by atoms with van der Waals surface area (Å²) in [4.78, 5) is 6.85. The average Bonchev–Trinajstić information content (AvgIpc) is 3.04. The van der Waals surface area contributed by atoms with Crippen molar-refractivity contribution in [2.75, 3.05) is 40.0 Å². The predicted molar refractivity (Wildman–Crippen MR) is 83.1 cm³/mol. The van der Waals surface area contributed by atoms with Gasteiger partial charge in [-0.05, 0) is 32.2 Å². The maximum absolute atomic E-state index is 6.05. The molecular weight excluding hydrogens is 298 g/mol. The number of rotatable bonds is 7. The van der Waals surface area contributed by atoms with Crippen molar-refractivity contribution in [3.8, 4) is 0 Å². The summed E-state index contributed by atoms with van der Waals surface area (Å²) in [5.41, 5.74) is 0. The molecule has 3 rings (SSSR count). The third-order valence-electron chi connectivity index (χ3n) is 4.57. The predicted octanol–water partition coefficient (Wildman–Crippen LogP) is 1.42. The Bertz CT molecular complexity index is 462. The standard InChI is InChI=1S/C16H27N3O4/c1-20-12-16-17-15(18-23-16)6-10-22-14-3-2-7-19(11-14)13-4-8-21-9-5-13/h13-14H,2-12H2,1H3. The quantitative estimate of drug-likeness (QED) is 0.751. The third kappa shape index (κ3) is 4.97. The van der Waals surface area contributed by atoms with E-state index >= 15 is 0 Å². The van der Waals surface area contributed by atoms with Crippen LogP contribution >= 0.6 is 0 Å². The lowest BCUT2D eigenvalue weighted by Crippen LogP contribution is -2.47. The molecule has 130 valence electrons. The van der Waals surface area contributed by atoms with Gasteiger partial charge in [-0.3, -0.25) is 4.90 Å². The van der Waals surface area contributed by atoms with Crippen LogP contribution in [0.2, 0.25) is 0 Å². The number of aromatic nitrogens is 2. The summed E-state index contributed by atoms with van der Waals surface area (Å²) in [6, 6.07) is 0.670. The third-order valence-corrected chi connectivity index (χ3v) is 4.57. The van der Waals surface area contributed by atoms with Crippen molar-refractivity contribution >= 4 is 0 Å². The van der Waals surface area contributed by atoms with Crippen LogP contribution in [0.5, 0.6) is 0 Å². The molecule has 0 aromatic carbocycles. The molecule has 2 aliphatic rings. The second-order valence-electron chi connectivity index (χ2n) is 6.26. The van der Waals surface area contributed by atoms with Gasteiger partial charge in [-0.25, -0.2) is 0 Å². The van der Waals surface area contributed by atoms with E-state index < -0.39 is 0 Å². The number of piperidine rings is 1. The summed E-state index contributed by atoms with van der Waals surface area (Å²) >= 11 is 0. The van der Waals surface area contributed by atoms with Crippen LogP contribution in [0.1, 0.15) is 37.4 Å². The lowest BCUT2D eigenvalue weighted by Gasteiger charge is -2.39. The number of hydrogen-bond donors (Lipinski definition) is 0. The van der Waals surface area contributed by atoms with Crippen molar-refractivity contribution in [2.45, 2.75) is 50.9 Å².